The minimum Gasteiger partial charge on any atom is -0.330 e. The van der Waals surface area contributed by atoms with Crippen LogP contribution in [0.5, 0.6) is 0 Å². The Balaban J connectivity index is 4.11. The third-order valence-corrected chi connectivity index (χ3v) is 6.07. The molecule has 0 aromatic rings. The highest BCUT2D eigenvalue weighted by atomic mass is 28.3. The first-order valence-electron chi connectivity index (χ1n) is 4.84. The molecule has 0 heterocycles. The van der Waals surface area contributed by atoms with Crippen molar-refractivity contribution in [2.24, 2.45) is 5.41 Å². The Kier molecular flexibility index (Phi) is 5.05. The molecule has 0 aliphatic rings. The standard InChI is InChI=1S/C9H24N2Si/c1-7-11-12(10-6)8(2)9(3,4)5/h8,10-12H,7H2,1-6H3. The van der Waals surface area contributed by atoms with Gasteiger partial charge >= 0.3 is 0 Å². The van der Waals surface area contributed by atoms with Crippen LogP contribution in [0.15, 0.2) is 0 Å². The average Bonchev–Trinajstić information content (AvgIpc) is 1.97. The van der Waals surface area contributed by atoms with Gasteiger partial charge in [0.1, 0.15) is 0 Å². The molecule has 0 aliphatic carbocycles. The number of rotatable bonds is 4. The van der Waals surface area contributed by atoms with Crippen molar-refractivity contribution in [3.8, 4) is 0 Å². The van der Waals surface area contributed by atoms with Gasteiger partial charge in [-0.05, 0) is 24.5 Å². The average molecular weight is 188 g/mol. The summed E-state index contributed by atoms with van der Waals surface area (Å²) in [5.74, 6) is 0. The third-order valence-electron chi connectivity index (χ3n) is 2.60. The first-order chi connectivity index (χ1) is 5.43. The molecule has 74 valence electrons. The van der Waals surface area contributed by atoms with Gasteiger partial charge in [0.15, 0.2) is 9.12 Å². The quantitative estimate of drug-likeness (QED) is 0.653. The van der Waals surface area contributed by atoms with E-state index in [0.29, 0.717) is 5.41 Å². The normalized spacial score (nSPS) is 17.5. The Morgan fingerprint density at radius 1 is 1.33 bits per heavy atom. The van der Waals surface area contributed by atoms with E-state index >= 15 is 0 Å². The van der Waals surface area contributed by atoms with Crippen molar-refractivity contribution >= 4 is 9.12 Å². The summed E-state index contributed by atoms with van der Waals surface area (Å²) in [5.41, 5.74) is 1.18. The van der Waals surface area contributed by atoms with Gasteiger partial charge in [-0.2, -0.15) is 0 Å². The predicted molar refractivity (Wildman–Crippen MR) is 58.8 cm³/mol. The summed E-state index contributed by atoms with van der Waals surface area (Å²) in [6.45, 7) is 12.5. The molecule has 12 heavy (non-hydrogen) atoms. The van der Waals surface area contributed by atoms with Gasteiger partial charge < -0.3 is 9.96 Å². The van der Waals surface area contributed by atoms with E-state index in [1.165, 1.54) is 0 Å². The minimum absolute atomic E-state index is 0.419. The second kappa shape index (κ2) is 4.99. The van der Waals surface area contributed by atoms with E-state index in [1.807, 2.05) is 0 Å². The second-order valence-corrected chi connectivity index (χ2v) is 7.42. The van der Waals surface area contributed by atoms with E-state index < -0.39 is 9.12 Å². The Hall–Kier alpha value is 0.137. The molecule has 0 radical (unpaired) electrons. The largest absolute Gasteiger partial charge is 0.330 e. The highest BCUT2D eigenvalue weighted by molar-refractivity contribution is 6.55. The van der Waals surface area contributed by atoms with Gasteiger partial charge in [-0.3, -0.25) is 0 Å². The maximum absolute atomic E-state index is 3.57. The van der Waals surface area contributed by atoms with Crippen LogP contribution in [-0.2, 0) is 0 Å². The molecule has 2 atom stereocenters. The van der Waals surface area contributed by atoms with Crippen molar-refractivity contribution in [1.29, 1.82) is 0 Å². The van der Waals surface area contributed by atoms with Crippen molar-refractivity contribution < 1.29 is 0 Å². The first-order valence-corrected chi connectivity index (χ1v) is 6.66. The summed E-state index contributed by atoms with van der Waals surface area (Å²) in [6, 6.07) is 0. The van der Waals surface area contributed by atoms with Crippen LogP contribution in [0, 0.1) is 5.41 Å². The van der Waals surface area contributed by atoms with E-state index in [4.69, 9.17) is 0 Å². The molecule has 0 aliphatic heterocycles. The molecular formula is C9H24N2Si. The van der Waals surface area contributed by atoms with Crippen LogP contribution in [0.2, 0.25) is 5.54 Å². The lowest BCUT2D eigenvalue weighted by molar-refractivity contribution is 0.385. The van der Waals surface area contributed by atoms with Crippen molar-refractivity contribution in [3.05, 3.63) is 0 Å². The number of nitrogens with one attached hydrogen (secondary N) is 2. The Morgan fingerprint density at radius 3 is 2.08 bits per heavy atom. The predicted octanol–water partition coefficient (Wildman–Crippen LogP) is 1.47. The molecule has 3 heteroatoms. The van der Waals surface area contributed by atoms with Crippen molar-refractivity contribution in [1.82, 2.24) is 9.96 Å². The summed E-state index contributed by atoms with van der Waals surface area (Å²) >= 11 is 0. The smallest absolute Gasteiger partial charge is 0.187 e. The van der Waals surface area contributed by atoms with Crippen molar-refractivity contribution in [3.63, 3.8) is 0 Å². The number of hydrogen-bond acceptors (Lipinski definition) is 2. The van der Waals surface area contributed by atoms with Crippen LogP contribution >= 0.6 is 0 Å². The van der Waals surface area contributed by atoms with Gasteiger partial charge in [-0.25, -0.2) is 0 Å². The molecule has 0 fully saturated rings. The Morgan fingerprint density at radius 2 is 1.83 bits per heavy atom. The highest BCUT2D eigenvalue weighted by Crippen LogP contribution is 2.31. The van der Waals surface area contributed by atoms with E-state index in [-0.39, 0.29) is 0 Å². The van der Waals surface area contributed by atoms with Crippen LogP contribution in [0.25, 0.3) is 0 Å². The summed E-state index contributed by atoms with van der Waals surface area (Å²) in [6.07, 6.45) is 0. The lowest BCUT2D eigenvalue weighted by Gasteiger charge is -2.33. The van der Waals surface area contributed by atoms with E-state index in [2.05, 4.69) is 51.6 Å². The van der Waals surface area contributed by atoms with E-state index in [0.717, 1.165) is 12.1 Å². The molecule has 0 rings (SSSR count). The molecule has 0 spiro atoms. The zero-order chi connectivity index (χ0) is 9.78. The molecule has 0 saturated carbocycles. The highest BCUT2D eigenvalue weighted by Gasteiger charge is 2.28. The SMILES string of the molecule is CCN[SiH](NC)C(C)C(C)(C)C. The lowest BCUT2D eigenvalue weighted by Crippen LogP contribution is -2.51. The van der Waals surface area contributed by atoms with Gasteiger partial charge in [-0.15, -0.1) is 0 Å². The molecule has 2 N–H and O–H groups in total. The fourth-order valence-corrected chi connectivity index (χ4v) is 3.75. The van der Waals surface area contributed by atoms with Gasteiger partial charge in [0, 0.05) is 0 Å². The number of hydrogen-bond donors (Lipinski definition) is 2. The van der Waals surface area contributed by atoms with E-state index in [9.17, 15) is 0 Å². The van der Waals surface area contributed by atoms with Crippen LogP contribution in [0.1, 0.15) is 34.6 Å². The van der Waals surface area contributed by atoms with Crippen LogP contribution in [-0.4, -0.2) is 22.7 Å². The van der Waals surface area contributed by atoms with Crippen LogP contribution in [0.4, 0.5) is 0 Å². The minimum atomic E-state index is -0.932. The Labute approximate surface area is 78.9 Å². The maximum Gasteiger partial charge on any atom is 0.187 e. The monoisotopic (exact) mass is 188 g/mol. The van der Waals surface area contributed by atoms with Gasteiger partial charge in [-0.1, -0.05) is 34.6 Å². The van der Waals surface area contributed by atoms with Gasteiger partial charge in [0.05, 0.1) is 0 Å². The fraction of sp³-hybridized carbons (Fsp3) is 1.00. The Bertz CT molecular complexity index is 120. The summed E-state index contributed by atoms with van der Waals surface area (Å²) < 4.78 is 0. The summed E-state index contributed by atoms with van der Waals surface area (Å²) in [4.78, 5) is 7.00. The van der Waals surface area contributed by atoms with Crippen molar-refractivity contribution in [2.45, 2.75) is 40.2 Å². The fourth-order valence-electron chi connectivity index (χ4n) is 1.25. The molecule has 0 bridgehead atoms. The summed E-state index contributed by atoms with van der Waals surface area (Å²) in [5, 5.41) is 0. The molecule has 0 aromatic heterocycles. The van der Waals surface area contributed by atoms with E-state index in [1.54, 1.807) is 0 Å². The summed E-state index contributed by atoms with van der Waals surface area (Å²) in [7, 11) is 1.14. The lowest BCUT2D eigenvalue weighted by atomic mass is 9.93. The molecular weight excluding hydrogens is 164 g/mol. The van der Waals surface area contributed by atoms with Crippen LogP contribution < -0.4 is 9.96 Å². The zero-order valence-corrected chi connectivity index (χ0v) is 10.5. The molecule has 0 aromatic carbocycles. The van der Waals surface area contributed by atoms with Gasteiger partial charge in [0.25, 0.3) is 0 Å². The zero-order valence-electron chi connectivity index (χ0n) is 9.36. The third kappa shape index (κ3) is 3.69. The maximum atomic E-state index is 3.57. The molecule has 0 saturated heterocycles. The molecule has 0 amide bonds. The molecule has 2 nitrogen and oxygen atoms in total. The molecule has 2 unspecified atom stereocenters. The second-order valence-electron chi connectivity index (χ2n) is 4.48. The first kappa shape index (κ1) is 12.1. The van der Waals surface area contributed by atoms with Gasteiger partial charge in [0.2, 0.25) is 0 Å². The topological polar surface area (TPSA) is 24.1 Å². The van der Waals surface area contributed by atoms with Crippen LogP contribution in [0.3, 0.4) is 0 Å². The van der Waals surface area contributed by atoms with Crippen molar-refractivity contribution in [2.75, 3.05) is 13.6 Å².